The van der Waals surface area contributed by atoms with Gasteiger partial charge in [-0.1, -0.05) is 30.3 Å². The van der Waals surface area contributed by atoms with E-state index < -0.39 is 17.6 Å². The van der Waals surface area contributed by atoms with Crippen LogP contribution in [0.1, 0.15) is 5.69 Å². The summed E-state index contributed by atoms with van der Waals surface area (Å²) in [6.07, 6.45) is -3.36. The zero-order valence-corrected chi connectivity index (χ0v) is 18.9. The minimum Gasteiger partial charge on any atom is -0.368 e. The van der Waals surface area contributed by atoms with Gasteiger partial charge in [0.15, 0.2) is 5.69 Å². The molecular weight excluding hydrogens is 478 g/mol. The number of hydrogen-bond acceptors (Lipinski definition) is 6. The van der Waals surface area contributed by atoms with Crippen molar-refractivity contribution >= 4 is 11.6 Å². The SMILES string of the molecule is O=c1nc(N2CCN(c3ccc(F)cc3)CC2)ncn1Cn1nc(C(F)(F)F)cc1-c1ccccc1. The summed E-state index contributed by atoms with van der Waals surface area (Å²) in [6.45, 7) is 2.08. The predicted molar refractivity (Wildman–Crippen MR) is 125 cm³/mol. The molecule has 12 heteroatoms. The van der Waals surface area contributed by atoms with Gasteiger partial charge in [-0.2, -0.15) is 23.3 Å². The van der Waals surface area contributed by atoms with Gasteiger partial charge >= 0.3 is 11.9 Å². The van der Waals surface area contributed by atoms with Crippen LogP contribution in [-0.4, -0.2) is 50.5 Å². The number of nitrogens with zero attached hydrogens (tertiary/aromatic N) is 7. The highest BCUT2D eigenvalue weighted by Gasteiger charge is 2.35. The molecule has 0 spiro atoms. The topological polar surface area (TPSA) is 72.1 Å². The highest BCUT2D eigenvalue weighted by atomic mass is 19.4. The molecule has 0 amide bonds. The number of alkyl halides is 3. The summed E-state index contributed by atoms with van der Waals surface area (Å²) >= 11 is 0. The van der Waals surface area contributed by atoms with Crippen molar-refractivity contribution in [2.45, 2.75) is 12.8 Å². The molecule has 2 aromatic heterocycles. The molecular formula is C24H21F4N7O. The Hall–Kier alpha value is -4.22. The van der Waals surface area contributed by atoms with Crippen LogP contribution in [0, 0.1) is 5.82 Å². The monoisotopic (exact) mass is 499 g/mol. The Balaban J connectivity index is 1.33. The second-order valence-corrected chi connectivity index (χ2v) is 8.28. The fourth-order valence-electron chi connectivity index (χ4n) is 4.06. The van der Waals surface area contributed by atoms with Gasteiger partial charge in [0.1, 0.15) is 18.8 Å². The Bertz CT molecular complexity index is 1390. The molecule has 1 fully saturated rings. The third-order valence-corrected chi connectivity index (χ3v) is 5.93. The highest BCUT2D eigenvalue weighted by molar-refractivity contribution is 5.60. The van der Waals surface area contributed by atoms with Gasteiger partial charge in [0, 0.05) is 31.9 Å². The predicted octanol–water partition coefficient (Wildman–Crippen LogP) is 3.49. The minimum atomic E-state index is -4.63. The van der Waals surface area contributed by atoms with Crippen LogP contribution in [0.5, 0.6) is 0 Å². The van der Waals surface area contributed by atoms with E-state index >= 15 is 0 Å². The summed E-state index contributed by atoms with van der Waals surface area (Å²) in [6, 6.07) is 15.7. The molecule has 0 aliphatic carbocycles. The molecule has 1 aliphatic rings. The molecule has 1 saturated heterocycles. The smallest absolute Gasteiger partial charge is 0.368 e. The number of anilines is 2. The lowest BCUT2D eigenvalue weighted by Crippen LogP contribution is -2.47. The van der Waals surface area contributed by atoms with Gasteiger partial charge < -0.3 is 9.80 Å². The van der Waals surface area contributed by atoms with Crippen molar-refractivity contribution < 1.29 is 17.6 Å². The van der Waals surface area contributed by atoms with Crippen LogP contribution in [0.25, 0.3) is 11.3 Å². The molecule has 2 aromatic carbocycles. The molecule has 5 rings (SSSR count). The van der Waals surface area contributed by atoms with E-state index in [2.05, 4.69) is 20.0 Å². The van der Waals surface area contributed by atoms with E-state index in [0.29, 0.717) is 31.7 Å². The van der Waals surface area contributed by atoms with Crippen molar-refractivity contribution in [3.05, 3.63) is 89.0 Å². The third-order valence-electron chi connectivity index (χ3n) is 5.93. The first-order valence-corrected chi connectivity index (χ1v) is 11.2. The summed E-state index contributed by atoms with van der Waals surface area (Å²) in [7, 11) is 0. The quantitative estimate of drug-likeness (QED) is 0.392. The summed E-state index contributed by atoms with van der Waals surface area (Å²) < 4.78 is 55.4. The summed E-state index contributed by atoms with van der Waals surface area (Å²) in [4.78, 5) is 25.0. The maximum Gasteiger partial charge on any atom is 0.435 e. The first-order valence-electron chi connectivity index (χ1n) is 11.2. The third kappa shape index (κ3) is 4.92. The van der Waals surface area contributed by atoms with Gasteiger partial charge in [-0.05, 0) is 35.9 Å². The molecule has 0 atom stereocenters. The average Bonchev–Trinajstić information content (AvgIpc) is 3.31. The summed E-state index contributed by atoms with van der Waals surface area (Å²) in [5.41, 5.74) is -0.0463. The van der Waals surface area contributed by atoms with E-state index in [-0.39, 0.29) is 24.1 Å². The Morgan fingerprint density at radius 1 is 0.889 bits per heavy atom. The Morgan fingerprint density at radius 3 is 2.19 bits per heavy atom. The Morgan fingerprint density at radius 2 is 1.56 bits per heavy atom. The number of rotatable bonds is 5. The first kappa shape index (κ1) is 23.5. The maximum absolute atomic E-state index is 13.3. The van der Waals surface area contributed by atoms with Crippen molar-refractivity contribution in [1.29, 1.82) is 0 Å². The van der Waals surface area contributed by atoms with Crippen molar-refractivity contribution in [1.82, 2.24) is 24.3 Å². The van der Waals surface area contributed by atoms with E-state index in [9.17, 15) is 22.4 Å². The van der Waals surface area contributed by atoms with Gasteiger partial charge in [-0.25, -0.2) is 18.9 Å². The summed E-state index contributed by atoms with van der Waals surface area (Å²) in [5.74, 6) is -0.0540. The fraction of sp³-hybridized carbons (Fsp3) is 0.250. The molecule has 1 aliphatic heterocycles. The molecule has 0 saturated carbocycles. The number of hydrogen-bond donors (Lipinski definition) is 0. The van der Waals surface area contributed by atoms with E-state index in [0.717, 1.165) is 21.0 Å². The number of halogens is 4. The summed E-state index contributed by atoms with van der Waals surface area (Å²) in [5, 5.41) is 3.69. The van der Waals surface area contributed by atoms with Crippen molar-refractivity contribution in [2.75, 3.05) is 36.0 Å². The Labute approximate surface area is 203 Å². The van der Waals surface area contributed by atoms with Crippen molar-refractivity contribution in [2.24, 2.45) is 0 Å². The zero-order chi connectivity index (χ0) is 25.3. The lowest BCUT2D eigenvalue weighted by atomic mass is 10.1. The van der Waals surface area contributed by atoms with E-state index in [1.807, 2.05) is 4.90 Å². The second-order valence-electron chi connectivity index (χ2n) is 8.28. The fourth-order valence-corrected chi connectivity index (χ4v) is 4.06. The van der Waals surface area contributed by atoms with Crippen LogP contribution < -0.4 is 15.5 Å². The molecule has 0 radical (unpaired) electrons. The first-order chi connectivity index (χ1) is 17.3. The average molecular weight is 499 g/mol. The van der Waals surface area contributed by atoms with Crippen LogP contribution in [0.15, 0.2) is 71.8 Å². The van der Waals surface area contributed by atoms with Gasteiger partial charge in [-0.3, -0.25) is 4.57 Å². The van der Waals surface area contributed by atoms with E-state index in [4.69, 9.17) is 0 Å². The van der Waals surface area contributed by atoms with Crippen LogP contribution in [0.3, 0.4) is 0 Å². The van der Waals surface area contributed by atoms with Crippen LogP contribution in [0.2, 0.25) is 0 Å². The lowest BCUT2D eigenvalue weighted by Gasteiger charge is -2.36. The molecule has 0 bridgehead atoms. The van der Waals surface area contributed by atoms with Gasteiger partial charge in [0.05, 0.1) is 5.69 Å². The molecule has 0 N–H and O–H groups in total. The van der Waals surface area contributed by atoms with Gasteiger partial charge in [0.25, 0.3) is 0 Å². The molecule has 3 heterocycles. The molecule has 186 valence electrons. The molecule has 4 aromatic rings. The largest absolute Gasteiger partial charge is 0.435 e. The highest BCUT2D eigenvalue weighted by Crippen LogP contribution is 2.31. The van der Waals surface area contributed by atoms with Crippen LogP contribution >= 0.6 is 0 Å². The van der Waals surface area contributed by atoms with Gasteiger partial charge in [0.2, 0.25) is 5.95 Å². The zero-order valence-electron chi connectivity index (χ0n) is 18.9. The van der Waals surface area contributed by atoms with E-state index in [1.54, 1.807) is 42.5 Å². The lowest BCUT2D eigenvalue weighted by molar-refractivity contribution is -0.141. The van der Waals surface area contributed by atoms with E-state index in [1.165, 1.54) is 18.5 Å². The van der Waals surface area contributed by atoms with Crippen LogP contribution in [-0.2, 0) is 12.8 Å². The minimum absolute atomic E-state index is 0.218. The van der Waals surface area contributed by atoms with Crippen LogP contribution in [0.4, 0.5) is 29.2 Å². The van der Waals surface area contributed by atoms with Crippen molar-refractivity contribution in [3.63, 3.8) is 0 Å². The number of benzene rings is 2. The number of piperazine rings is 1. The van der Waals surface area contributed by atoms with Crippen molar-refractivity contribution in [3.8, 4) is 11.3 Å². The molecule has 8 nitrogen and oxygen atoms in total. The van der Waals surface area contributed by atoms with Gasteiger partial charge in [-0.15, -0.1) is 0 Å². The normalized spacial score (nSPS) is 14.3. The maximum atomic E-state index is 13.3. The number of aromatic nitrogens is 5. The standard InChI is InChI=1S/C24H21F4N7O/c25-18-6-8-19(9-7-18)32-10-12-33(13-11-32)22-29-15-34(23(36)30-22)16-35-20(17-4-2-1-3-5-17)14-21(31-35)24(26,27)28/h1-9,14-15H,10-13,16H2. The second kappa shape index (κ2) is 9.44. The molecule has 0 unspecified atom stereocenters. The Kier molecular flexibility index (Phi) is 6.17. The molecule has 36 heavy (non-hydrogen) atoms.